The van der Waals surface area contributed by atoms with E-state index < -0.39 is 0 Å². The van der Waals surface area contributed by atoms with E-state index in [9.17, 15) is 4.79 Å². The molecule has 1 heterocycles. The summed E-state index contributed by atoms with van der Waals surface area (Å²) in [6.07, 6.45) is 6.62. The molecular weight excluding hydrogens is 232 g/mol. The quantitative estimate of drug-likeness (QED) is 0.809. The number of nitrogens with one attached hydrogen (secondary N) is 2. The molecule has 3 nitrogen and oxygen atoms in total. The van der Waals surface area contributed by atoms with E-state index in [2.05, 4.69) is 17.6 Å². The maximum absolute atomic E-state index is 12.1. The zero-order chi connectivity index (χ0) is 12.1. The summed E-state index contributed by atoms with van der Waals surface area (Å²) in [6.45, 7) is 3.13. The zero-order valence-corrected chi connectivity index (χ0v) is 11.5. The second-order valence-electron chi connectivity index (χ2n) is 5.28. The molecule has 2 unspecified atom stereocenters. The molecule has 17 heavy (non-hydrogen) atoms. The minimum atomic E-state index is 0.0276. The monoisotopic (exact) mass is 256 g/mol. The Kier molecular flexibility index (Phi) is 5.16. The van der Waals surface area contributed by atoms with E-state index in [1.54, 1.807) is 0 Å². The van der Waals surface area contributed by atoms with Crippen molar-refractivity contribution in [3.05, 3.63) is 0 Å². The van der Waals surface area contributed by atoms with E-state index in [-0.39, 0.29) is 11.9 Å². The van der Waals surface area contributed by atoms with Crippen LogP contribution >= 0.6 is 11.8 Å². The van der Waals surface area contributed by atoms with Crippen molar-refractivity contribution in [1.82, 2.24) is 10.6 Å². The first-order chi connectivity index (χ1) is 8.27. The van der Waals surface area contributed by atoms with Crippen LogP contribution in [0.1, 0.15) is 39.0 Å². The van der Waals surface area contributed by atoms with Gasteiger partial charge in [0.15, 0.2) is 0 Å². The topological polar surface area (TPSA) is 41.1 Å². The Bertz CT molecular complexity index is 248. The molecule has 2 atom stereocenters. The molecular formula is C13H24N2OS. The minimum Gasteiger partial charge on any atom is -0.352 e. The Morgan fingerprint density at radius 2 is 2.12 bits per heavy atom. The predicted octanol–water partition coefficient (Wildman–Crippen LogP) is 1.78. The lowest BCUT2D eigenvalue weighted by Crippen LogP contribution is -2.52. The highest BCUT2D eigenvalue weighted by atomic mass is 32.2. The van der Waals surface area contributed by atoms with Crippen molar-refractivity contribution in [2.45, 2.75) is 51.1 Å². The van der Waals surface area contributed by atoms with Crippen LogP contribution < -0.4 is 10.6 Å². The zero-order valence-electron chi connectivity index (χ0n) is 10.7. The van der Waals surface area contributed by atoms with Crippen molar-refractivity contribution in [2.75, 3.05) is 18.1 Å². The fraction of sp³-hybridized carbons (Fsp3) is 0.923. The summed E-state index contributed by atoms with van der Waals surface area (Å²) in [7, 11) is 0. The van der Waals surface area contributed by atoms with E-state index in [4.69, 9.17) is 0 Å². The van der Waals surface area contributed by atoms with Gasteiger partial charge in [-0.05, 0) is 25.7 Å². The summed E-state index contributed by atoms with van der Waals surface area (Å²) in [5.41, 5.74) is 0. The van der Waals surface area contributed by atoms with Gasteiger partial charge in [-0.25, -0.2) is 0 Å². The SMILES string of the molecule is CC(NC(=O)C1CSCCN1)C1CCCCC1. The van der Waals surface area contributed by atoms with Gasteiger partial charge in [0.1, 0.15) is 0 Å². The second-order valence-corrected chi connectivity index (χ2v) is 6.43. The highest BCUT2D eigenvalue weighted by Crippen LogP contribution is 2.26. The van der Waals surface area contributed by atoms with Gasteiger partial charge in [-0.1, -0.05) is 19.3 Å². The molecule has 2 aliphatic rings. The van der Waals surface area contributed by atoms with Crippen LogP contribution in [0.5, 0.6) is 0 Å². The molecule has 2 rings (SSSR count). The largest absolute Gasteiger partial charge is 0.352 e. The highest BCUT2D eigenvalue weighted by Gasteiger charge is 2.25. The molecule has 0 spiro atoms. The van der Waals surface area contributed by atoms with Crippen LogP contribution in [0.25, 0.3) is 0 Å². The van der Waals surface area contributed by atoms with Crippen LogP contribution in [0.2, 0.25) is 0 Å². The molecule has 0 aromatic heterocycles. The number of hydrogen-bond acceptors (Lipinski definition) is 3. The van der Waals surface area contributed by atoms with Gasteiger partial charge in [0.2, 0.25) is 5.91 Å². The third kappa shape index (κ3) is 3.88. The first-order valence-electron chi connectivity index (χ1n) is 6.89. The van der Waals surface area contributed by atoms with Gasteiger partial charge in [0, 0.05) is 24.1 Å². The second kappa shape index (κ2) is 6.64. The molecule has 0 bridgehead atoms. The summed E-state index contributed by atoms with van der Waals surface area (Å²) in [5.74, 6) is 2.95. The van der Waals surface area contributed by atoms with Crippen LogP contribution in [-0.4, -0.2) is 36.0 Å². The Hall–Kier alpha value is -0.220. The summed E-state index contributed by atoms with van der Waals surface area (Å²) >= 11 is 1.87. The maximum Gasteiger partial charge on any atom is 0.238 e. The number of amides is 1. The predicted molar refractivity (Wildman–Crippen MR) is 73.3 cm³/mol. The number of carbonyl (C=O) groups is 1. The fourth-order valence-electron chi connectivity index (χ4n) is 2.81. The maximum atomic E-state index is 12.1. The normalized spacial score (nSPS) is 28.6. The van der Waals surface area contributed by atoms with Gasteiger partial charge in [0.25, 0.3) is 0 Å². The van der Waals surface area contributed by atoms with E-state index in [1.165, 1.54) is 32.1 Å². The summed E-state index contributed by atoms with van der Waals surface area (Å²) < 4.78 is 0. The first kappa shape index (κ1) is 13.2. The van der Waals surface area contributed by atoms with Crippen LogP contribution in [-0.2, 0) is 4.79 Å². The van der Waals surface area contributed by atoms with Crippen LogP contribution in [0.4, 0.5) is 0 Å². The van der Waals surface area contributed by atoms with Crippen molar-refractivity contribution in [3.63, 3.8) is 0 Å². The van der Waals surface area contributed by atoms with E-state index in [0.29, 0.717) is 12.0 Å². The third-order valence-electron chi connectivity index (χ3n) is 3.97. The molecule has 4 heteroatoms. The molecule has 2 fully saturated rings. The van der Waals surface area contributed by atoms with Gasteiger partial charge in [-0.15, -0.1) is 0 Å². The summed E-state index contributed by atoms with van der Waals surface area (Å²) in [4.78, 5) is 12.1. The third-order valence-corrected chi connectivity index (χ3v) is 5.03. The van der Waals surface area contributed by atoms with E-state index >= 15 is 0 Å². The molecule has 1 saturated carbocycles. The lowest BCUT2D eigenvalue weighted by atomic mass is 9.84. The number of rotatable bonds is 3. The molecule has 1 aliphatic heterocycles. The smallest absolute Gasteiger partial charge is 0.238 e. The molecule has 1 aliphatic carbocycles. The Balaban J connectivity index is 1.76. The van der Waals surface area contributed by atoms with Crippen molar-refractivity contribution < 1.29 is 4.79 Å². The Labute approximate surface area is 108 Å². The van der Waals surface area contributed by atoms with Crippen LogP contribution in [0.3, 0.4) is 0 Å². The molecule has 2 N–H and O–H groups in total. The molecule has 0 radical (unpaired) electrons. The van der Waals surface area contributed by atoms with Gasteiger partial charge in [-0.3, -0.25) is 4.79 Å². The van der Waals surface area contributed by atoms with Crippen LogP contribution in [0, 0.1) is 5.92 Å². The summed E-state index contributed by atoms with van der Waals surface area (Å²) in [5, 5.41) is 6.50. The van der Waals surface area contributed by atoms with Gasteiger partial charge < -0.3 is 10.6 Å². The van der Waals surface area contributed by atoms with Crippen molar-refractivity contribution in [2.24, 2.45) is 5.92 Å². The van der Waals surface area contributed by atoms with Gasteiger partial charge >= 0.3 is 0 Å². The van der Waals surface area contributed by atoms with Gasteiger partial charge in [-0.2, -0.15) is 11.8 Å². The minimum absolute atomic E-state index is 0.0276. The Morgan fingerprint density at radius 1 is 1.35 bits per heavy atom. The van der Waals surface area contributed by atoms with Crippen molar-refractivity contribution in [3.8, 4) is 0 Å². The highest BCUT2D eigenvalue weighted by molar-refractivity contribution is 7.99. The number of hydrogen-bond donors (Lipinski definition) is 2. The van der Waals surface area contributed by atoms with E-state index in [0.717, 1.165) is 18.1 Å². The van der Waals surface area contributed by atoms with E-state index in [1.807, 2.05) is 11.8 Å². The van der Waals surface area contributed by atoms with Crippen molar-refractivity contribution >= 4 is 17.7 Å². The van der Waals surface area contributed by atoms with Crippen molar-refractivity contribution in [1.29, 1.82) is 0 Å². The van der Waals surface area contributed by atoms with Crippen LogP contribution in [0.15, 0.2) is 0 Å². The molecule has 1 saturated heterocycles. The number of thioether (sulfide) groups is 1. The molecule has 0 aromatic carbocycles. The lowest BCUT2D eigenvalue weighted by Gasteiger charge is -2.30. The molecule has 0 aromatic rings. The van der Waals surface area contributed by atoms with Gasteiger partial charge in [0.05, 0.1) is 6.04 Å². The lowest BCUT2D eigenvalue weighted by molar-refractivity contribution is -0.123. The average molecular weight is 256 g/mol. The first-order valence-corrected chi connectivity index (χ1v) is 8.04. The standard InChI is InChI=1S/C13H24N2OS/c1-10(11-5-3-2-4-6-11)15-13(16)12-9-17-8-7-14-12/h10-12,14H,2-9H2,1H3,(H,15,16). The summed E-state index contributed by atoms with van der Waals surface area (Å²) in [6, 6.07) is 0.372. The molecule has 1 amide bonds. The fourth-order valence-corrected chi connectivity index (χ4v) is 3.74. The number of carbonyl (C=O) groups excluding carboxylic acids is 1. The Morgan fingerprint density at radius 3 is 2.76 bits per heavy atom. The molecule has 98 valence electrons. The average Bonchev–Trinajstić information content (AvgIpc) is 2.40.